The smallest absolute Gasteiger partial charge is 0.0480 e. The van der Waals surface area contributed by atoms with Crippen LogP contribution in [0.1, 0.15) is 52.4 Å². The maximum atomic E-state index is 6.04. The second-order valence-corrected chi connectivity index (χ2v) is 5.58. The minimum Gasteiger partial charge on any atom is -0.385 e. The maximum Gasteiger partial charge on any atom is 0.0480 e. The highest BCUT2D eigenvalue weighted by Gasteiger charge is 2.35. The zero-order chi connectivity index (χ0) is 12.7. The van der Waals surface area contributed by atoms with Gasteiger partial charge in [0, 0.05) is 31.8 Å². The molecule has 2 atom stereocenters. The molecule has 0 bridgehead atoms. The third-order valence-corrected chi connectivity index (χ3v) is 4.23. The summed E-state index contributed by atoms with van der Waals surface area (Å²) in [5.41, 5.74) is 6.16. The molecule has 1 aliphatic heterocycles. The highest BCUT2D eigenvalue weighted by molar-refractivity contribution is 4.93. The molecule has 1 heterocycles. The summed E-state index contributed by atoms with van der Waals surface area (Å²) in [5.74, 6) is 0. The Kier molecular flexibility index (Phi) is 6.45. The normalized spacial score (nSPS) is 25.8. The van der Waals surface area contributed by atoms with Crippen molar-refractivity contribution in [2.45, 2.75) is 64.0 Å². The van der Waals surface area contributed by atoms with E-state index >= 15 is 0 Å². The number of hydrogen-bond acceptors (Lipinski definition) is 3. The molecule has 1 fully saturated rings. The molecule has 2 N–H and O–H groups in total. The number of methoxy groups -OCH3 is 1. The molecular formula is C14H30N2O. The van der Waals surface area contributed by atoms with Gasteiger partial charge in [0.25, 0.3) is 0 Å². The molecule has 3 nitrogen and oxygen atoms in total. The molecule has 2 unspecified atom stereocenters. The Hall–Kier alpha value is -0.120. The lowest BCUT2D eigenvalue weighted by molar-refractivity contribution is 0.00882. The SMILES string of the molecule is CCCC1CCCCN1C(C)(CN)CCOC. The van der Waals surface area contributed by atoms with Gasteiger partial charge in [0.15, 0.2) is 0 Å². The summed E-state index contributed by atoms with van der Waals surface area (Å²) < 4.78 is 5.24. The monoisotopic (exact) mass is 242 g/mol. The van der Waals surface area contributed by atoms with Crippen LogP contribution in [0.3, 0.4) is 0 Å². The average molecular weight is 242 g/mol. The fourth-order valence-corrected chi connectivity index (χ4v) is 3.03. The van der Waals surface area contributed by atoms with Gasteiger partial charge in [-0.15, -0.1) is 0 Å². The van der Waals surface area contributed by atoms with Crippen molar-refractivity contribution in [3.05, 3.63) is 0 Å². The van der Waals surface area contributed by atoms with E-state index in [0.717, 1.165) is 25.6 Å². The van der Waals surface area contributed by atoms with Crippen molar-refractivity contribution in [1.82, 2.24) is 4.90 Å². The summed E-state index contributed by atoms with van der Waals surface area (Å²) in [4.78, 5) is 2.67. The molecular weight excluding hydrogens is 212 g/mol. The maximum absolute atomic E-state index is 6.04. The largest absolute Gasteiger partial charge is 0.385 e. The third kappa shape index (κ3) is 3.94. The van der Waals surface area contributed by atoms with E-state index in [2.05, 4.69) is 18.7 Å². The first-order valence-corrected chi connectivity index (χ1v) is 7.13. The highest BCUT2D eigenvalue weighted by atomic mass is 16.5. The summed E-state index contributed by atoms with van der Waals surface area (Å²) in [6.07, 6.45) is 7.67. The standard InChI is InChI=1S/C14H30N2O/c1-4-7-13-8-5-6-10-16(13)14(2,12-15)9-11-17-3/h13H,4-12,15H2,1-3H3. The average Bonchev–Trinajstić information content (AvgIpc) is 2.37. The number of nitrogens with zero attached hydrogens (tertiary/aromatic N) is 1. The van der Waals surface area contributed by atoms with Gasteiger partial charge in [-0.05, 0) is 39.2 Å². The van der Waals surface area contributed by atoms with Gasteiger partial charge in [0.05, 0.1) is 0 Å². The summed E-state index contributed by atoms with van der Waals surface area (Å²) in [5, 5.41) is 0. The first kappa shape index (κ1) is 14.9. The van der Waals surface area contributed by atoms with Crippen LogP contribution in [0, 0.1) is 0 Å². The van der Waals surface area contributed by atoms with Gasteiger partial charge in [0.2, 0.25) is 0 Å². The van der Waals surface area contributed by atoms with Crippen LogP contribution >= 0.6 is 0 Å². The van der Waals surface area contributed by atoms with Gasteiger partial charge in [-0.3, -0.25) is 4.90 Å². The Bertz CT molecular complexity index is 208. The molecule has 0 aromatic rings. The minimum absolute atomic E-state index is 0.121. The van der Waals surface area contributed by atoms with Gasteiger partial charge in [0.1, 0.15) is 0 Å². The van der Waals surface area contributed by atoms with Crippen molar-refractivity contribution in [2.24, 2.45) is 5.73 Å². The lowest BCUT2D eigenvalue weighted by Crippen LogP contribution is -2.58. The number of ether oxygens (including phenoxy) is 1. The molecule has 0 aliphatic carbocycles. The topological polar surface area (TPSA) is 38.5 Å². The number of rotatable bonds is 7. The van der Waals surface area contributed by atoms with E-state index in [1.165, 1.54) is 38.6 Å². The van der Waals surface area contributed by atoms with Crippen molar-refractivity contribution in [1.29, 1.82) is 0 Å². The van der Waals surface area contributed by atoms with Gasteiger partial charge < -0.3 is 10.5 Å². The second kappa shape index (κ2) is 7.34. The second-order valence-electron chi connectivity index (χ2n) is 5.58. The summed E-state index contributed by atoms with van der Waals surface area (Å²) in [6.45, 7) is 7.34. The molecule has 102 valence electrons. The lowest BCUT2D eigenvalue weighted by Gasteiger charge is -2.48. The Balaban J connectivity index is 2.68. The zero-order valence-electron chi connectivity index (χ0n) is 11.9. The van der Waals surface area contributed by atoms with Crippen LogP contribution in [0.25, 0.3) is 0 Å². The summed E-state index contributed by atoms with van der Waals surface area (Å²) >= 11 is 0. The summed E-state index contributed by atoms with van der Waals surface area (Å²) in [6, 6.07) is 0.735. The molecule has 0 radical (unpaired) electrons. The van der Waals surface area contributed by atoms with Crippen LogP contribution in [0.5, 0.6) is 0 Å². The van der Waals surface area contributed by atoms with Crippen molar-refractivity contribution in [2.75, 3.05) is 26.8 Å². The lowest BCUT2D eigenvalue weighted by atomic mass is 9.88. The van der Waals surface area contributed by atoms with Crippen LogP contribution < -0.4 is 5.73 Å². The highest BCUT2D eigenvalue weighted by Crippen LogP contribution is 2.30. The van der Waals surface area contributed by atoms with Crippen molar-refractivity contribution < 1.29 is 4.74 Å². The predicted octanol–water partition coefficient (Wildman–Crippen LogP) is 2.39. The Morgan fingerprint density at radius 1 is 1.41 bits per heavy atom. The fourth-order valence-electron chi connectivity index (χ4n) is 3.03. The van der Waals surface area contributed by atoms with Crippen LogP contribution in [0.2, 0.25) is 0 Å². The molecule has 17 heavy (non-hydrogen) atoms. The van der Waals surface area contributed by atoms with Crippen LogP contribution in [0.15, 0.2) is 0 Å². The van der Waals surface area contributed by atoms with Gasteiger partial charge >= 0.3 is 0 Å². The number of piperidine rings is 1. The third-order valence-electron chi connectivity index (χ3n) is 4.23. The zero-order valence-corrected chi connectivity index (χ0v) is 11.9. The molecule has 1 aliphatic rings. The molecule has 3 heteroatoms. The van der Waals surface area contributed by atoms with E-state index in [4.69, 9.17) is 10.5 Å². The van der Waals surface area contributed by atoms with E-state index in [0.29, 0.717) is 0 Å². The summed E-state index contributed by atoms with van der Waals surface area (Å²) in [7, 11) is 1.77. The molecule has 0 aromatic carbocycles. The minimum atomic E-state index is 0.121. The predicted molar refractivity (Wildman–Crippen MR) is 73.2 cm³/mol. The van der Waals surface area contributed by atoms with Crippen LogP contribution in [0.4, 0.5) is 0 Å². The van der Waals surface area contributed by atoms with Gasteiger partial charge in [-0.1, -0.05) is 19.8 Å². The molecule has 1 rings (SSSR count). The Morgan fingerprint density at radius 3 is 2.76 bits per heavy atom. The molecule has 0 amide bonds. The van der Waals surface area contributed by atoms with Crippen molar-refractivity contribution >= 4 is 0 Å². The van der Waals surface area contributed by atoms with Crippen molar-refractivity contribution in [3.8, 4) is 0 Å². The molecule has 0 spiro atoms. The van der Waals surface area contributed by atoms with Crippen LogP contribution in [-0.4, -0.2) is 43.3 Å². The molecule has 0 saturated carbocycles. The number of hydrogen-bond donors (Lipinski definition) is 1. The van der Waals surface area contributed by atoms with Gasteiger partial charge in [-0.25, -0.2) is 0 Å². The Labute approximate surface area is 107 Å². The van der Waals surface area contributed by atoms with E-state index in [-0.39, 0.29) is 5.54 Å². The first-order valence-electron chi connectivity index (χ1n) is 7.13. The number of nitrogens with two attached hydrogens (primary N) is 1. The van der Waals surface area contributed by atoms with E-state index in [1.54, 1.807) is 7.11 Å². The molecule has 1 saturated heterocycles. The quantitative estimate of drug-likeness (QED) is 0.745. The van der Waals surface area contributed by atoms with Crippen molar-refractivity contribution in [3.63, 3.8) is 0 Å². The van der Waals surface area contributed by atoms with E-state index in [9.17, 15) is 0 Å². The van der Waals surface area contributed by atoms with E-state index in [1.807, 2.05) is 0 Å². The number of likely N-dealkylation sites (tertiary alicyclic amines) is 1. The van der Waals surface area contributed by atoms with Gasteiger partial charge in [-0.2, -0.15) is 0 Å². The molecule has 0 aromatic heterocycles. The van der Waals surface area contributed by atoms with E-state index < -0.39 is 0 Å². The first-order chi connectivity index (χ1) is 8.18. The van der Waals surface area contributed by atoms with Crippen LogP contribution in [-0.2, 0) is 4.74 Å². The Morgan fingerprint density at radius 2 is 2.18 bits per heavy atom. The fraction of sp³-hybridized carbons (Fsp3) is 1.00.